The Morgan fingerprint density at radius 3 is 2.64 bits per heavy atom. The molecule has 4 unspecified atom stereocenters. The minimum Gasteiger partial charge on any atom is -0.508 e. The molecule has 4 saturated heterocycles. The number of phenolic OH excluding ortho intramolecular Hbond substituents is 1. The number of nitrogens with zero attached hydrogens (tertiary/aromatic N) is 6. The summed E-state index contributed by atoms with van der Waals surface area (Å²) in [5.41, 5.74) is -0.739. The molecule has 4 aliphatic heterocycles. The van der Waals surface area contributed by atoms with Crippen molar-refractivity contribution in [2.24, 2.45) is 0 Å². The second-order valence-corrected chi connectivity index (χ2v) is 16.1. The van der Waals surface area contributed by atoms with Gasteiger partial charge in [0.05, 0.1) is 16.5 Å². The van der Waals surface area contributed by atoms with Crippen LogP contribution in [0, 0.1) is 24.0 Å². The molecule has 0 saturated carbocycles. The highest BCUT2D eigenvalue weighted by molar-refractivity contribution is 6.03. The predicted molar refractivity (Wildman–Crippen MR) is 215 cm³/mol. The number of carbonyl (C=O) groups excluding carboxylic acids is 2. The van der Waals surface area contributed by atoms with Crippen LogP contribution >= 0.6 is 0 Å². The summed E-state index contributed by atoms with van der Waals surface area (Å²) in [4.78, 5) is 45.1. The molecule has 8 rings (SSSR count). The number of halogens is 3. The van der Waals surface area contributed by atoms with Gasteiger partial charge in [-0.15, -0.1) is 6.42 Å². The van der Waals surface area contributed by atoms with Gasteiger partial charge in [0.25, 0.3) is 0 Å². The van der Waals surface area contributed by atoms with Crippen molar-refractivity contribution in [2.45, 2.75) is 94.4 Å². The number of hydrogen-bond acceptors (Lipinski definition) is 9. The quantitative estimate of drug-likeness (QED) is 0.0827. The summed E-state index contributed by atoms with van der Waals surface area (Å²) in [5, 5.41) is 14.4. The molecule has 14 heteroatoms. The molecular weight excluding hydrogens is 748 g/mol. The van der Waals surface area contributed by atoms with E-state index in [-0.39, 0.29) is 70.0 Å². The van der Waals surface area contributed by atoms with E-state index in [1.807, 2.05) is 4.90 Å². The highest BCUT2D eigenvalue weighted by Gasteiger charge is 2.49. The highest BCUT2D eigenvalue weighted by atomic mass is 19.1. The number of terminal acetylenes is 1. The molecule has 4 aromatic rings. The number of pyridine rings is 1. The zero-order chi connectivity index (χ0) is 40.6. The standard InChI is InChI=1S/C44H48F3N7O4/c1-3-32-35(46)15-12-27-19-31(55)20-33(38(27)32)40-39(47)41-34(22-49-40)42(51-43(50-41)58-26-44-16-10-18-53(44)23-28(45)21-44)52-24-29-13-14-30(25-52)54(29)37(57)11-8-6-5-7-9-17-48-36(56)4-2/h1,4,12,15,19-20,22,28-30,55H,2,5-11,13-14,16-18,21,23-26H2,(H,48,56). The van der Waals surface area contributed by atoms with Gasteiger partial charge in [-0.25, -0.2) is 13.2 Å². The van der Waals surface area contributed by atoms with Gasteiger partial charge < -0.3 is 25.0 Å². The monoisotopic (exact) mass is 795 g/mol. The second-order valence-electron chi connectivity index (χ2n) is 16.1. The summed E-state index contributed by atoms with van der Waals surface area (Å²) in [7, 11) is 0. The van der Waals surface area contributed by atoms with Crippen LogP contribution in [-0.2, 0) is 9.59 Å². The van der Waals surface area contributed by atoms with Crippen molar-refractivity contribution in [3.05, 3.63) is 60.3 Å². The molecule has 2 amide bonds. The number of piperazine rings is 1. The summed E-state index contributed by atoms with van der Waals surface area (Å²) in [6.07, 6.45) is 16.2. The van der Waals surface area contributed by atoms with Gasteiger partial charge in [0.15, 0.2) is 5.82 Å². The fourth-order valence-corrected chi connectivity index (χ4v) is 9.74. The minimum absolute atomic E-state index is 0.0622. The van der Waals surface area contributed by atoms with Gasteiger partial charge in [-0.05, 0) is 74.7 Å². The molecule has 58 heavy (non-hydrogen) atoms. The Morgan fingerprint density at radius 1 is 1.09 bits per heavy atom. The molecule has 4 atom stereocenters. The van der Waals surface area contributed by atoms with Crippen molar-refractivity contribution in [3.63, 3.8) is 0 Å². The number of benzene rings is 2. The molecular formula is C44H48F3N7O4. The molecule has 304 valence electrons. The van der Waals surface area contributed by atoms with Crippen LogP contribution in [0.25, 0.3) is 32.9 Å². The zero-order valence-corrected chi connectivity index (χ0v) is 32.5. The predicted octanol–water partition coefficient (Wildman–Crippen LogP) is 6.59. The molecule has 11 nitrogen and oxygen atoms in total. The molecule has 2 bridgehead atoms. The van der Waals surface area contributed by atoms with E-state index in [1.54, 1.807) is 0 Å². The molecule has 4 fully saturated rings. The van der Waals surface area contributed by atoms with E-state index in [2.05, 4.69) is 37.6 Å². The fraction of sp³-hybridized carbons (Fsp3) is 0.477. The molecule has 2 aromatic heterocycles. The second kappa shape index (κ2) is 16.4. The lowest BCUT2D eigenvalue weighted by Crippen LogP contribution is -2.56. The maximum Gasteiger partial charge on any atom is 0.319 e. The lowest BCUT2D eigenvalue weighted by atomic mass is 9.95. The third-order valence-electron chi connectivity index (χ3n) is 12.4. The Morgan fingerprint density at radius 2 is 1.86 bits per heavy atom. The third-order valence-corrected chi connectivity index (χ3v) is 12.4. The normalized spacial score (nSPS) is 22.7. The molecule has 0 radical (unpaired) electrons. The number of phenols is 1. The minimum atomic E-state index is -0.963. The van der Waals surface area contributed by atoms with Crippen LogP contribution < -0.4 is 15.0 Å². The van der Waals surface area contributed by atoms with Gasteiger partial charge in [-0.3, -0.25) is 19.5 Å². The Hall–Kier alpha value is -5.42. The van der Waals surface area contributed by atoms with Gasteiger partial charge in [-0.1, -0.05) is 37.8 Å². The lowest BCUT2D eigenvalue weighted by Gasteiger charge is -2.42. The van der Waals surface area contributed by atoms with Crippen LogP contribution in [0.2, 0.25) is 0 Å². The average Bonchev–Trinajstić information content (AvgIpc) is 3.84. The summed E-state index contributed by atoms with van der Waals surface area (Å²) >= 11 is 0. The first-order valence-electron chi connectivity index (χ1n) is 20.4. The van der Waals surface area contributed by atoms with E-state index >= 15 is 4.39 Å². The van der Waals surface area contributed by atoms with Gasteiger partial charge >= 0.3 is 6.01 Å². The Labute approximate surface area is 335 Å². The number of nitrogens with one attached hydrogen (secondary N) is 1. The topological polar surface area (TPSA) is 124 Å². The van der Waals surface area contributed by atoms with E-state index in [1.165, 1.54) is 36.5 Å². The van der Waals surface area contributed by atoms with Crippen LogP contribution in [0.1, 0.15) is 76.2 Å². The maximum absolute atomic E-state index is 17.1. The van der Waals surface area contributed by atoms with Gasteiger partial charge in [0.1, 0.15) is 41.4 Å². The lowest BCUT2D eigenvalue weighted by molar-refractivity contribution is -0.134. The van der Waals surface area contributed by atoms with E-state index in [9.17, 15) is 23.5 Å². The smallest absolute Gasteiger partial charge is 0.319 e. The summed E-state index contributed by atoms with van der Waals surface area (Å²) in [5.74, 6) is 1.07. The van der Waals surface area contributed by atoms with Crippen LogP contribution in [0.15, 0.2) is 43.1 Å². The van der Waals surface area contributed by atoms with Gasteiger partial charge in [0.2, 0.25) is 11.8 Å². The summed E-state index contributed by atoms with van der Waals surface area (Å²) in [6.45, 7) is 6.27. The molecule has 0 spiro atoms. The first-order valence-corrected chi connectivity index (χ1v) is 20.4. The number of fused-ring (bicyclic) bond motifs is 5. The third kappa shape index (κ3) is 7.52. The first kappa shape index (κ1) is 39.4. The van der Waals surface area contributed by atoms with Gasteiger partial charge in [-0.2, -0.15) is 9.97 Å². The molecule has 4 aliphatic rings. The number of ether oxygens (including phenoxy) is 1. The Balaban J connectivity index is 1.07. The van der Waals surface area contributed by atoms with Crippen molar-refractivity contribution in [3.8, 4) is 35.4 Å². The van der Waals surface area contributed by atoms with E-state index in [0.29, 0.717) is 55.6 Å². The number of anilines is 1. The number of amides is 2. The van der Waals surface area contributed by atoms with Crippen LogP contribution in [0.4, 0.5) is 19.0 Å². The molecule has 6 heterocycles. The van der Waals surface area contributed by atoms with Crippen LogP contribution in [0.5, 0.6) is 11.8 Å². The number of aromatic hydroxyl groups is 1. The van der Waals surface area contributed by atoms with Crippen LogP contribution in [0.3, 0.4) is 0 Å². The van der Waals surface area contributed by atoms with Crippen molar-refractivity contribution in [2.75, 3.05) is 44.2 Å². The number of rotatable bonds is 14. The number of unbranched alkanes of at least 4 members (excludes halogenated alkanes) is 4. The van der Waals surface area contributed by atoms with Crippen LogP contribution in [-0.4, -0.2) is 105 Å². The number of alkyl halides is 1. The number of hydrogen-bond donors (Lipinski definition) is 2. The van der Waals surface area contributed by atoms with Crippen molar-refractivity contribution in [1.82, 2.24) is 30.1 Å². The number of carbonyl (C=O) groups is 2. The number of aromatic nitrogens is 3. The van der Waals surface area contributed by atoms with E-state index < -0.39 is 23.3 Å². The summed E-state index contributed by atoms with van der Waals surface area (Å²) < 4.78 is 53.1. The van der Waals surface area contributed by atoms with Crippen molar-refractivity contribution >= 4 is 39.3 Å². The SMILES string of the molecule is C#Cc1c(F)ccc2cc(O)cc(-c3ncc4c(N5CC6CCC(C5)N6C(=O)CCCCCCCNC(=O)C=C)nc(OCC56CCCN5CC(F)C6)nc4c3F)c12. The van der Waals surface area contributed by atoms with E-state index in [0.717, 1.165) is 64.3 Å². The largest absolute Gasteiger partial charge is 0.508 e. The summed E-state index contributed by atoms with van der Waals surface area (Å²) in [6, 6.07) is 5.21. The zero-order valence-electron chi connectivity index (χ0n) is 32.5. The Kier molecular flexibility index (Phi) is 11.2. The van der Waals surface area contributed by atoms with Gasteiger partial charge in [0, 0.05) is 68.3 Å². The fourth-order valence-electron chi connectivity index (χ4n) is 9.74. The highest BCUT2D eigenvalue weighted by Crippen LogP contribution is 2.42. The average molecular weight is 796 g/mol. The molecule has 2 aromatic carbocycles. The maximum atomic E-state index is 17.1. The van der Waals surface area contributed by atoms with E-state index in [4.69, 9.17) is 16.1 Å². The van der Waals surface area contributed by atoms with Crippen molar-refractivity contribution in [1.29, 1.82) is 0 Å². The molecule has 0 aliphatic carbocycles. The van der Waals surface area contributed by atoms with Crippen molar-refractivity contribution < 1.29 is 32.6 Å². The molecule has 2 N–H and O–H groups in total. The Bertz CT molecular complexity index is 2290. The first-order chi connectivity index (χ1) is 28.1.